The number of nitrogens with zero attached hydrogens (tertiary/aromatic N) is 1. The summed E-state index contributed by atoms with van der Waals surface area (Å²) in [4.78, 5) is 0.299. The van der Waals surface area contributed by atoms with Gasteiger partial charge in [0.25, 0.3) is 10.0 Å². The zero-order chi connectivity index (χ0) is 18.1. The summed E-state index contributed by atoms with van der Waals surface area (Å²) < 4.78 is 54.4. The van der Waals surface area contributed by atoms with Gasteiger partial charge in [0, 0.05) is 17.8 Å². The molecule has 0 amide bonds. The highest BCUT2D eigenvalue weighted by atomic mass is 32.2. The molecule has 9 heteroatoms. The molecule has 0 fully saturated rings. The van der Waals surface area contributed by atoms with Crippen LogP contribution in [0, 0.1) is 0 Å². The summed E-state index contributed by atoms with van der Waals surface area (Å²) in [6.07, 6.45) is 0.701. The van der Waals surface area contributed by atoms with Crippen molar-refractivity contribution < 1.29 is 16.8 Å². The van der Waals surface area contributed by atoms with Crippen molar-refractivity contribution in [3.8, 4) is 0 Å². The lowest BCUT2D eigenvalue weighted by Gasteiger charge is -2.09. The van der Waals surface area contributed by atoms with Gasteiger partial charge in [0.1, 0.15) is 4.90 Å². The standard InChI is InChI=1S/C16H17N3O4S2/c1-2-11-17-24(20,21)13-9-7-12(8-10-13)18-16-14-5-3-4-6-15(14)25(22,23)19-16/h3-10,17H,2,11H2,1H3,(H,18,19). The lowest BCUT2D eigenvalue weighted by molar-refractivity contribution is 0.580. The molecule has 2 N–H and O–H groups in total. The Bertz CT molecular complexity index is 1030. The number of hydrogen-bond donors (Lipinski definition) is 2. The molecule has 2 aromatic carbocycles. The number of hydrogen-bond acceptors (Lipinski definition) is 5. The zero-order valence-electron chi connectivity index (χ0n) is 13.4. The Labute approximate surface area is 146 Å². The maximum absolute atomic E-state index is 12.1. The maximum atomic E-state index is 12.1. The van der Waals surface area contributed by atoms with Crippen LogP contribution in [0.2, 0.25) is 0 Å². The van der Waals surface area contributed by atoms with Crippen molar-refractivity contribution in [1.29, 1.82) is 0 Å². The maximum Gasteiger partial charge on any atom is 0.285 e. The molecule has 0 atom stereocenters. The predicted molar refractivity (Wildman–Crippen MR) is 95.7 cm³/mol. The summed E-state index contributed by atoms with van der Waals surface area (Å²) in [5, 5.41) is 2.93. The van der Waals surface area contributed by atoms with Crippen molar-refractivity contribution >= 4 is 31.6 Å². The molecule has 0 bridgehead atoms. The van der Waals surface area contributed by atoms with Gasteiger partial charge in [-0.25, -0.2) is 13.1 Å². The molecule has 2 aromatic rings. The van der Waals surface area contributed by atoms with Gasteiger partial charge in [-0.3, -0.25) is 0 Å². The summed E-state index contributed by atoms with van der Waals surface area (Å²) in [6, 6.07) is 12.6. The number of nitrogens with one attached hydrogen (secondary N) is 2. The van der Waals surface area contributed by atoms with Crippen molar-refractivity contribution in [3.63, 3.8) is 0 Å². The van der Waals surface area contributed by atoms with Crippen molar-refractivity contribution in [2.24, 2.45) is 4.40 Å². The van der Waals surface area contributed by atoms with Gasteiger partial charge in [-0.1, -0.05) is 19.1 Å². The fourth-order valence-electron chi connectivity index (χ4n) is 2.37. The molecule has 0 spiro atoms. The normalized spacial score (nSPS) is 15.5. The Balaban J connectivity index is 1.84. The molecule has 1 aliphatic heterocycles. The minimum atomic E-state index is -3.70. The van der Waals surface area contributed by atoms with Crippen molar-refractivity contribution in [1.82, 2.24) is 4.72 Å². The highest BCUT2D eigenvalue weighted by Crippen LogP contribution is 2.26. The summed E-state index contributed by atoms with van der Waals surface area (Å²) >= 11 is 0. The molecule has 132 valence electrons. The second-order valence-electron chi connectivity index (χ2n) is 5.46. The van der Waals surface area contributed by atoms with Gasteiger partial charge < -0.3 is 5.32 Å². The molecular weight excluding hydrogens is 362 g/mol. The number of benzene rings is 2. The van der Waals surface area contributed by atoms with Crippen LogP contribution in [-0.2, 0) is 20.0 Å². The third kappa shape index (κ3) is 3.58. The van der Waals surface area contributed by atoms with E-state index in [1.165, 1.54) is 18.2 Å². The van der Waals surface area contributed by atoms with Crippen LogP contribution in [0.15, 0.2) is 62.7 Å². The average Bonchev–Trinajstić information content (AvgIpc) is 2.85. The van der Waals surface area contributed by atoms with Crippen LogP contribution >= 0.6 is 0 Å². The van der Waals surface area contributed by atoms with E-state index >= 15 is 0 Å². The van der Waals surface area contributed by atoms with Gasteiger partial charge in [0.2, 0.25) is 10.0 Å². The van der Waals surface area contributed by atoms with Crippen molar-refractivity contribution in [2.45, 2.75) is 23.1 Å². The largest absolute Gasteiger partial charge is 0.339 e. The molecule has 3 rings (SSSR count). The van der Waals surface area contributed by atoms with Crippen LogP contribution in [0.4, 0.5) is 5.69 Å². The van der Waals surface area contributed by atoms with E-state index in [1.54, 1.807) is 30.3 Å². The zero-order valence-corrected chi connectivity index (χ0v) is 15.1. The molecule has 7 nitrogen and oxygen atoms in total. The first-order valence-corrected chi connectivity index (χ1v) is 10.6. The van der Waals surface area contributed by atoms with Gasteiger partial charge in [-0.15, -0.1) is 4.40 Å². The summed E-state index contributed by atoms with van der Waals surface area (Å²) in [7, 11) is -7.23. The highest BCUT2D eigenvalue weighted by molar-refractivity contribution is 7.90. The second-order valence-corrected chi connectivity index (χ2v) is 8.80. The Hall–Kier alpha value is -2.23. The fraction of sp³-hybridized carbons (Fsp3) is 0.188. The smallest absolute Gasteiger partial charge is 0.285 e. The molecule has 0 aromatic heterocycles. The van der Waals surface area contributed by atoms with E-state index in [0.29, 0.717) is 24.2 Å². The Morgan fingerprint density at radius 2 is 1.72 bits per heavy atom. The molecule has 0 aliphatic carbocycles. The van der Waals surface area contributed by atoms with Crippen molar-refractivity contribution in [2.75, 3.05) is 11.9 Å². The number of fused-ring (bicyclic) bond motifs is 1. The summed E-state index contributed by atoms with van der Waals surface area (Å²) in [5.74, 6) is 0.218. The van der Waals surface area contributed by atoms with Gasteiger partial charge in [-0.05, 0) is 42.8 Å². The van der Waals surface area contributed by atoms with E-state index in [2.05, 4.69) is 14.4 Å². The third-order valence-electron chi connectivity index (χ3n) is 3.60. The SMILES string of the molecule is CCCNS(=O)(=O)c1ccc(NC2=NS(=O)(=O)c3ccccc32)cc1. The van der Waals surface area contributed by atoms with E-state index in [4.69, 9.17) is 0 Å². The lowest BCUT2D eigenvalue weighted by Crippen LogP contribution is -2.24. The minimum absolute atomic E-state index is 0.146. The molecular formula is C16H17N3O4S2. The Morgan fingerprint density at radius 1 is 1.04 bits per heavy atom. The molecule has 0 saturated carbocycles. The molecule has 0 saturated heterocycles. The van der Waals surface area contributed by atoms with E-state index in [0.717, 1.165) is 0 Å². The van der Waals surface area contributed by atoms with Crippen LogP contribution in [-0.4, -0.2) is 29.2 Å². The first-order chi connectivity index (χ1) is 11.8. The van der Waals surface area contributed by atoms with Gasteiger partial charge in [-0.2, -0.15) is 8.42 Å². The number of anilines is 1. The quantitative estimate of drug-likeness (QED) is 0.826. The van der Waals surface area contributed by atoms with Crippen LogP contribution in [0.1, 0.15) is 18.9 Å². The molecule has 0 radical (unpaired) electrons. The monoisotopic (exact) mass is 379 g/mol. The third-order valence-corrected chi connectivity index (χ3v) is 6.41. The second kappa shape index (κ2) is 6.58. The highest BCUT2D eigenvalue weighted by Gasteiger charge is 2.28. The first kappa shape index (κ1) is 17.6. The van der Waals surface area contributed by atoms with Crippen LogP contribution < -0.4 is 10.0 Å². The molecule has 0 unspecified atom stereocenters. The van der Waals surface area contributed by atoms with Crippen molar-refractivity contribution in [3.05, 3.63) is 54.1 Å². The summed E-state index contributed by atoms with van der Waals surface area (Å²) in [6.45, 7) is 2.25. The van der Waals surface area contributed by atoms with Gasteiger partial charge in [0.15, 0.2) is 5.84 Å². The van der Waals surface area contributed by atoms with Crippen LogP contribution in [0.3, 0.4) is 0 Å². The Morgan fingerprint density at radius 3 is 2.40 bits per heavy atom. The fourth-order valence-corrected chi connectivity index (χ4v) is 4.68. The van der Waals surface area contributed by atoms with Crippen LogP contribution in [0.5, 0.6) is 0 Å². The van der Waals surface area contributed by atoms with E-state index < -0.39 is 20.0 Å². The number of amidine groups is 1. The number of sulfonamides is 2. The molecule has 25 heavy (non-hydrogen) atoms. The lowest BCUT2D eigenvalue weighted by atomic mass is 10.2. The topological polar surface area (TPSA) is 105 Å². The van der Waals surface area contributed by atoms with Gasteiger partial charge in [0.05, 0.1) is 4.90 Å². The molecule has 1 heterocycles. The van der Waals surface area contributed by atoms with E-state index in [1.807, 2.05) is 6.92 Å². The summed E-state index contributed by atoms with van der Waals surface area (Å²) in [5.41, 5.74) is 1.03. The number of rotatable bonds is 5. The van der Waals surface area contributed by atoms with Gasteiger partial charge >= 0.3 is 0 Å². The average molecular weight is 379 g/mol. The minimum Gasteiger partial charge on any atom is -0.339 e. The Kier molecular flexibility index (Phi) is 4.63. The predicted octanol–water partition coefficient (Wildman–Crippen LogP) is 1.94. The first-order valence-electron chi connectivity index (χ1n) is 7.64. The molecule has 1 aliphatic rings. The van der Waals surface area contributed by atoms with E-state index in [9.17, 15) is 16.8 Å². The van der Waals surface area contributed by atoms with Crippen LogP contribution in [0.25, 0.3) is 0 Å². The van der Waals surface area contributed by atoms with E-state index in [-0.39, 0.29) is 15.6 Å².